The van der Waals surface area contributed by atoms with E-state index in [1.54, 1.807) is 0 Å². The summed E-state index contributed by atoms with van der Waals surface area (Å²) >= 11 is 0. The summed E-state index contributed by atoms with van der Waals surface area (Å²) in [5, 5.41) is 0. The van der Waals surface area contributed by atoms with E-state index in [1.165, 1.54) is 0 Å². The zero-order valence-electron chi connectivity index (χ0n) is 3.27. The lowest BCUT2D eigenvalue weighted by Crippen LogP contribution is -0.381. The fourth-order valence-electron chi connectivity index (χ4n) is 0. The lowest BCUT2D eigenvalue weighted by atomic mass is 19.0. The Morgan fingerprint density at radius 2 is 0.222 bits per heavy atom. The third-order valence-corrected chi connectivity index (χ3v) is 0. The minimum atomic E-state index is 0. The van der Waals surface area contributed by atoms with Crippen LogP contribution in [0.25, 0.3) is 0 Å². The van der Waals surface area contributed by atoms with E-state index in [1.807, 2.05) is 0 Å². The summed E-state index contributed by atoms with van der Waals surface area (Å²) in [5.74, 6) is 0. The van der Waals surface area contributed by atoms with E-state index in [4.69, 9.17) is 0 Å². The summed E-state index contributed by atoms with van der Waals surface area (Å²) in [5.41, 5.74) is 0. The van der Waals surface area contributed by atoms with Crippen molar-refractivity contribution in [3.05, 3.63) is 0 Å². The lowest BCUT2D eigenvalue weighted by molar-refractivity contribution is 1.11. The van der Waals surface area contributed by atoms with E-state index in [0.29, 0.717) is 0 Å². The van der Waals surface area contributed by atoms with Crippen LogP contribution in [0.15, 0.2) is 0 Å². The molecule has 0 aliphatic carbocycles. The molecule has 0 spiro atoms. The van der Waals surface area contributed by atoms with Gasteiger partial charge in [-0.2, -0.15) is 0 Å². The average Bonchev–Trinajstić information content (AvgIpc) is 0. The minimum Gasteiger partial charge on any atom is -0.269 e. The number of halogens is 8. The molecule has 0 aromatic heterocycles. The predicted molar refractivity (Wildman–Crippen MR) is 31.4 cm³/mol. The first-order valence-electron chi connectivity index (χ1n) is 0. The Bertz CT molecular complexity index is 4.53. The molecular weight excluding hydrogens is 180 g/mol. The van der Waals surface area contributed by atoms with Crippen LogP contribution in [0.4, 0.5) is 37.6 Å². The van der Waals surface area contributed by atoms with Gasteiger partial charge in [0.15, 0.2) is 0 Å². The maximum absolute atomic E-state index is 0. The Kier molecular flexibility index (Phi) is 1380000. The van der Waals surface area contributed by atoms with Gasteiger partial charge in [0.05, 0.1) is 0 Å². The smallest absolute Gasteiger partial charge is 0.0149 e. The third-order valence-electron chi connectivity index (χ3n) is 0. The molecule has 0 nitrogen and oxygen atoms in total. The van der Waals surface area contributed by atoms with E-state index >= 15 is 0 Å². The average molecular weight is 192 g/mol. The molecule has 0 N–H and O–H groups in total. The van der Waals surface area contributed by atoms with Gasteiger partial charge in [0.25, 0.3) is 0 Å². The van der Waals surface area contributed by atoms with Crippen molar-refractivity contribution in [2.45, 2.75) is 0 Å². The highest BCUT2D eigenvalue weighted by Gasteiger charge is -0.0148. The summed E-state index contributed by atoms with van der Waals surface area (Å²) < 4.78 is 0. The van der Waals surface area contributed by atoms with Crippen LogP contribution < -0.4 is 0 Å². The van der Waals surface area contributed by atoms with Gasteiger partial charge in [-0.15, -0.1) is 0 Å². The van der Waals surface area contributed by atoms with Crippen LogP contribution in [0.3, 0.4) is 0 Å². The maximum atomic E-state index is 0. The summed E-state index contributed by atoms with van der Waals surface area (Å²) in [6.45, 7) is 0. The predicted octanol–water partition coefficient (Wildman–Crippen LogP) is -0.232. The molecule has 9 heavy (non-hydrogen) atoms. The maximum Gasteiger partial charge on any atom is -0.0149 e. The van der Waals surface area contributed by atoms with Gasteiger partial charge in [0, 0.05) is 0 Å². The third kappa shape index (κ3) is 2080. The zero-order chi connectivity index (χ0) is 0. The number of hydrogen-bond donors (Lipinski definition) is 0. The van der Waals surface area contributed by atoms with Crippen LogP contribution in [-0.4, -0.2) is 11.0 Å². The highest BCUT2D eigenvalue weighted by molar-refractivity contribution is 5.75. The van der Waals surface area contributed by atoms with Crippen LogP contribution in [0.1, 0.15) is 0 Å². The molecule has 0 heterocycles. The highest BCUT2D eigenvalue weighted by atomic mass is 28.1. The summed E-state index contributed by atoms with van der Waals surface area (Å²) in [6, 6.07) is 0. The summed E-state index contributed by atoms with van der Waals surface area (Å²) in [4.78, 5) is 0. The highest BCUT2D eigenvalue weighted by Crippen LogP contribution is 0.427. The van der Waals surface area contributed by atoms with Crippen molar-refractivity contribution in [3.8, 4) is 0 Å². The molecule has 0 fully saturated rings. The van der Waals surface area contributed by atoms with Crippen molar-refractivity contribution in [2.75, 3.05) is 0 Å². The van der Waals surface area contributed by atoms with Crippen LogP contribution in [0.2, 0.25) is 0 Å². The Labute approximate surface area is 50.0 Å². The first-order chi connectivity index (χ1) is 0. The first-order valence-corrected chi connectivity index (χ1v) is 0. The van der Waals surface area contributed by atoms with Gasteiger partial charge in [-0.25, -0.2) is 0 Å². The van der Waals surface area contributed by atoms with Crippen molar-refractivity contribution in [1.82, 2.24) is 0 Å². The van der Waals surface area contributed by atoms with Crippen molar-refractivity contribution in [2.24, 2.45) is 0 Å². The fraction of sp³-hybridized carbons (Fsp3) is 0. The molecular formula is H12F8Si. The normalized spacial score (nSPS) is 0. The molecule has 0 rings (SSSR count). The van der Waals surface area contributed by atoms with Gasteiger partial charge in [-0.1, -0.05) is 0 Å². The molecule has 0 radical (unpaired) electrons. The Balaban J connectivity index is 0. The molecule has 0 unspecified atom stereocenters. The number of rotatable bonds is 0. The van der Waals surface area contributed by atoms with Crippen LogP contribution >= 0.6 is 0 Å². The fourth-order valence-corrected chi connectivity index (χ4v) is 0. The van der Waals surface area contributed by atoms with Crippen LogP contribution in [0, 0.1) is 0 Å². The largest absolute Gasteiger partial charge is 0.269 e. The second-order valence-electron chi connectivity index (χ2n) is 0. The second kappa shape index (κ2) is 2880. The molecule has 0 saturated carbocycles. The van der Waals surface area contributed by atoms with E-state index in [0.717, 1.165) is 0 Å². The summed E-state index contributed by atoms with van der Waals surface area (Å²) in [6.07, 6.45) is 0. The molecule has 9 heteroatoms. The standard InChI is InChI=1S/8FH.H4Si/h8*1H;1H4. The van der Waals surface area contributed by atoms with Crippen LogP contribution in [-0.2, 0) is 0 Å². The van der Waals surface area contributed by atoms with Crippen molar-refractivity contribution in [3.63, 3.8) is 0 Å². The zero-order valence-corrected chi connectivity index (χ0v) is 3.27. The van der Waals surface area contributed by atoms with Gasteiger partial charge in [0.2, 0.25) is 0 Å². The molecule has 0 saturated heterocycles. The molecule has 0 aromatic rings. The van der Waals surface area contributed by atoms with Crippen molar-refractivity contribution in [1.29, 1.82) is 0 Å². The Morgan fingerprint density at radius 1 is 0.222 bits per heavy atom. The first kappa shape index (κ1) is 4310. The molecule has 72 valence electrons. The molecule has 0 amide bonds. The topological polar surface area (TPSA) is 0 Å². The second-order valence-corrected chi connectivity index (χ2v) is 0. The van der Waals surface area contributed by atoms with E-state index in [9.17, 15) is 0 Å². The van der Waals surface area contributed by atoms with Gasteiger partial charge >= 0.3 is 0 Å². The number of hydrogen-bond acceptors (Lipinski definition) is 0. The van der Waals surface area contributed by atoms with Gasteiger partial charge < -0.3 is 0 Å². The lowest BCUT2D eigenvalue weighted by Gasteiger charge is -0.270. The SMILES string of the molecule is F.F.F.F.F.F.F.F.[SiH4]. The molecule has 0 aromatic carbocycles. The van der Waals surface area contributed by atoms with Gasteiger partial charge in [-0.05, 0) is 11.0 Å². The Hall–Kier alpha value is -0.343. The monoisotopic (exact) mass is 192 g/mol. The summed E-state index contributed by atoms with van der Waals surface area (Å²) in [7, 11) is 0. The van der Waals surface area contributed by atoms with Crippen molar-refractivity contribution < 1.29 is 37.6 Å². The van der Waals surface area contributed by atoms with Gasteiger partial charge in [0.1, 0.15) is 0 Å². The molecule has 0 bridgehead atoms. The van der Waals surface area contributed by atoms with Crippen LogP contribution in [0.5, 0.6) is 0 Å². The molecule has 0 aliphatic heterocycles. The van der Waals surface area contributed by atoms with Gasteiger partial charge in [-0.3, -0.25) is 37.6 Å². The van der Waals surface area contributed by atoms with E-state index in [2.05, 4.69) is 0 Å². The van der Waals surface area contributed by atoms with Crippen molar-refractivity contribution >= 4 is 11.0 Å². The minimum absolute atomic E-state index is 0. The Morgan fingerprint density at radius 3 is 0.222 bits per heavy atom. The van der Waals surface area contributed by atoms with E-state index < -0.39 is 0 Å². The van der Waals surface area contributed by atoms with E-state index in [-0.39, 0.29) is 48.6 Å². The quantitative estimate of drug-likeness (QED) is 0.367. The molecule has 0 atom stereocenters. The molecule has 0 aliphatic rings.